The van der Waals surface area contributed by atoms with Crippen LogP contribution in [-0.2, 0) is 4.79 Å². The third-order valence-corrected chi connectivity index (χ3v) is 7.85. The molecular weight excluding hydrogens is 554 g/mol. The zero-order chi connectivity index (χ0) is 28.9. The summed E-state index contributed by atoms with van der Waals surface area (Å²) in [6, 6.07) is 5.84. The first-order valence-electron chi connectivity index (χ1n) is 13.4. The van der Waals surface area contributed by atoms with Gasteiger partial charge in [0.1, 0.15) is 29.1 Å². The van der Waals surface area contributed by atoms with Crippen LogP contribution >= 0.6 is 11.6 Å². The Labute approximate surface area is 242 Å². The summed E-state index contributed by atoms with van der Waals surface area (Å²) in [5.74, 6) is 5.11. The number of ether oxygens (including phenoxy) is 2. The Balaban J connectivity index is 1.37. The molecular formula is C29H31ClF2N6O3. The molecule has 1 aromatic heterocycles. The number of carbonyl (C=O) groups excluding carboxylic acids is 1. The van der Waals surface area contributed by atoms with E-state index in [1.807, 2.05) is 0 Å². The van der Waals surface area contributed by atoms with Crippen LogP contribution in [0, 0.1) is 23.5 Å². The van der Waals surface area contributed by atoms with Crippen molar-refractivity contribution in [3.63, 3.8) is 0 Å². The van der Waals surface area contributed by atoms with Gasteiger partial charge in [-0.2, -0.15) is 0 Å². The largest absolute Gasteiger partial charge is 0.493 e. The van der Waals surface area contributed by atoms with Crippen LogP contribution in [0.1, 0.15) is 12.8 Å². The highest BCUT2D eigenvalue weighted by atomic mass is 35.5. The minimum atomic E-state index is -0.915. The predicted molar refractivity (Wildman–Crippen MR) is 153 cm³/mol. The van der Waals surface area contributed by atoms with Crippen LogP contribution in [-0.4, -0.2) is 96.6 Å². The molecule has 2 saturated heterocycles. The van der Waals surface area contributed by atoms with Crippen LogP contribution in [0.25, 0.3) is 10.9 Å². The molecule has 0 radical (unpaired) electrons. The smallest absolute Gasteiger partial charge is 0.192 e. The van der Waals surface area contributed by atoms with E-state index in [1.54, 1.807) is 19.2 Å². The van der Waals surface area contributed by atoms with Crippen molar-refractivity contribution in [2.24, 2.45) is 0 Å². The number of hydrogen-bond acceptors (Lipinski definition) is 9. The number of carbonyl (C=O) groups is 1. The van der Waals surface area contributed by atoms with Gasteiger partial charge < -0.3 is 19.7 Å². The Kier molecular flexibility index (Phi) is 9.15. The molecule has 3 heterocycles. The second kappa shape index (κ2) is 13.0. The standard InChI is InChI=1S/C29H31ClF2N6O3/c1-36-10-12-37(13-11-36)26(5-3-4-14-39)38-9-8-19(17-38)41-25-15-20-23(16-24(25)40-2)33-18-34-29(20)35-22-7-6-21(31)27(30)28(22)32/h6-7,14-16,18-19,26H,5,8-13,17H2,1-2H3,(H,33,34,35)/t19-,26?/m0/s1. The van der Waals surface area contributed by atoms with E-state index < -0.39 is 16.7 Å². The van der Waals surface area contributed by atoms with Crippen LogP contribution in [0.15, 0.2) is 30.6 Å². The number of fused-ring (bicyclic) bond motifs is 1. The van der Waals surface area contributed by atoms with Crippen molar-refractivity contribution in [2.75, 3.05) is 58.7 Å². The number of halogens is 3. The molecule has 5 rings (SSSR count). The molecule has 2 aromatic carbocycles. The van der Waals surface area contributed by atoms with E-state index >= 15 is 0 Å². The molecule has 0 spiro atoms. The van der Waals surface area contributed by atoms with Crippen LogP contribution in [0.2, 0.25) is 5.02 Å². The second-order valence-corrected chi connectivity index (χ2v) is 10.5. The highest BCUT2D eigenvalue weighted by molar-refractivity contribution is 6.31. The van der Waals surface area contributed by atoms with E-state index in [1.165, 1.54) is 12.4 Å². The first-order valence-corrected chi connectivity index (χ1v) is 13.7. The maximum atomic E-state index is 14.6. The number of likely N-dealkylation sites (tertiary alicyclic amines) is 1. The normalized spacial score (nSPS) is 19.0. The van der Waals surface area contributed by atoms with Gasteiger partial charge in [0.05, 0.1) is 24.5 Å². The van der Waals surface area contributed by atoms with Gasteiger partial charge in [0.2, 0.25) is 0 Å². The molecule has 41 heavy (non-hydrogen) atoms. The maximum absolute atomic E-state index is 14.6. The number of likely N-dealkylation sites (N-methyl/N-ethyl adjacent to an activating group) is 1. The number of nitrogens with one attached hydrogen (secondary N) is 1. The van der Waals surface area contributed by atoms with Gasteiger partial charge >= 0.3 is 0 Å². The summed E-state index contributed by atoms with van der Waals surface area (Å²) in [5, 5.41) is 2.87. The van der Waals surface area contributed by atoms with E-state index in [-0.39, 0.29) is 18.0 Å². The number of aldehydes is 1. The lowest BCUT2D eigenvalue weighted by Gasteiger charge is -2.41. The summed E-state index contributed by atoms with van der Waals surface area (Å²) >= 11 is 5.76. The number of nitrogens with zero attached hydrogens (tertiary/aromatic N) is 5. The van der Waals surface area contributed by atoms with Gasteiger partial charge in [0.15, 0.2) is 23.6 Å². The maximum Gasteiger partial charge on any atom is 0.192 e. The van der Waals surface area contributed by atoms with E-state index in [0.717, 1.165) is 45.2 Å². The summed E-state index contributed by atoms with van der Waals surface area (Å²) in [4.78, 5) is 26.5. The molecule has 216 valence electrons. The lowest BCUT2D eigenvalue weighted by molar-refractivity contribution is -0.103. The summed E-state index contributed by atoms with van der Waals surface area (Å²) < 4.78 is 40.4. The molecule has 0 amide bonds. The lowest BCUT2D eigenvalue weighted by Crippen LogP contribution is -2.54. The summed E-state index contributed by atoms with van der Waals surface area (Å²) in [5.41, 5.74) is 0.533. The third kappa shape index (κ3) is 6.52. The van der Waals surface area contributed by atoms with Gasteiger partial charge in [0, 0.05) is 57.1 Å². The Hall–Kier alpha value is -3.56. The van der Waals surface area contributed by atoms with Gasteiger partial charge in [-0.15, -0.1) is 0 Å². The van der Waals surface area contributed by atoms with Crippen molar-refractivity contribution in [3.8, 4) is 23.3 Å². The number of aromatic nitrogens is 2. The van der Waals surface area contributed by atoms with E-state index in [9.17, 15) is 13.6 Å². The van der Waals surface area contributed by atoms with Gasteiger partial charge in [0.25, 0.3) is 0 Å². The van der Waals surface area contributed by atoms with Crippen LogP contribution in [0.4, 0.5) is 20.3 Å². The SMILES string of the molecule is COc1cc2ncnc(Nc3ccc(F)c(Cl)c3F)c2cc1O[C@H]1CCN(C(CC#CC=O)N2CCN(C)CC2)C1. The van der Waals surface area contributed by atoms with Crippen molar-refractivity contribution < 1.29 is 23.0 Å². The number of piperazine rings is 1. The molecule has 2 aliphatic heterocycles. The average Bonchev–Trinajstić information content (AvgIpc) is 3.44. The molecule has 9 nitrogen and oxygen atoms in total. The molecule has 2 aliphatic rings. The number of benzene rings is 2. The monoisotopic (exact) mass is 584 g/mol. The molecule has 1 unspecified atom stereocenters. The lowest BCUT2D eigenvalue weighted by atomic mass is 10.2. The van der Waals surface area contributed by atoms with Crippen molar-refractivity contribution >= 4 is 40.3 Å². The van der Waals surface area contributed by atoms with E-state index in [2.05, 4.69) is 48.9 Å². The topological polar surface area (TPSA) is 83.1 Å². The first kappa shape index (κ1) is 29.0. The van der Waals surface area contributed by atoms with E-state index in [4.69, 9.17) is 21.1 Å². The van der Waals surface area contributed by atoms with Crippen LogP contribution < -0.4 is 14.8 Å². The Bertz CT molecular complexity index is 1470. The fourth-order valence-corrected chi connectivity index (χ4v) is 5.43. The Morgan fingerprint density at radius 3 is 2.71 bits per heavy atom. The summed E-state index contributed by atoms with van der Waals surface area (Å²) in [7, 11) is 3.67. The fourth-order valence-electron chi connectivity index (χ4n) is 5.27. The third-order valence-electron chi connectivity index (χ3n) is 7.51. The minimum Gasteiger partial charge on any atom is -0.493 e. The highest BCUT2D eigenvalue weighted by Crippen LogP contribution is 2.37. The van der Waals surface area contributed by atoms with Crippen molar-refractivity contribution in [3.05, 3.63) is 47.2 Å². The number of anilines is 2. The van der Waals surface area contributed by atoms with Gasteiger partial charge in [-0.3, -0.25) is 14.6 Å². The molecule has 0 saturated carbocycles. The van der Waals surface area contributed by atoms with E-state index in [0.29, 0.717) is 47.5 Å². The zero-order valence-electron chi connectivity index (χ0n) is 22.9. The summed E-state index contributed by atoms with van der Waals surface area (Å²) in [6.07, 6.45) is 3.31. The van der Waals surface area contributed by atoms with Crippen LogP contribution in [0.3, 0.4) is 0 Å². The molecule has 0 aliphatic carbocycles. The Morgan fingerprint density at radius 2 is 1.95 bits per heavy atom. The number of hydrogen-bond donors (Lipinski definition) is 1. The number of rotatable bonds is 8. The van der Waals surface area contributed by atoms with Gasteiger partial charge in [-0.25, -0.2) is 18.7 Å². The number of methoxy groups -OCH3 is 1. The predicted octanol–water partition coefficient (Wildman–Crippen LogP) is 3.93. The zero-order valence-corrected chi connectivity index (χ0v) is 23.6. The average molecular weight is 585 g/mol. The molecule has 2 fully saturated rings. The van der Waals surface area contributed by atoms with Crippen LogP contribution in [0.5, 0.6) is 11.5 Å². The highest BCUT2D eigenvalue weighted by Gasteiger charge is 2.34. The Morgan fingerprint density at radius 1 is 1.15 bits per heavy atom. The quantitative estimate of drug-likeness (QED) is 0.241. The van der Waals surface area contributed by atoms with Gasteiger partial charge in [-0.05, 0) is 37.6 Å². The molecule has 12 heteroatoms. The molecule has 1 N–H and O–H groups in total. The second-order valence-electron chi connectivity index (χ2n) is 10.1. The first-order chi connectivity index (χ1) is 19.9. The van der Waals surface area contributed by atoms with Crippen molar-refractivity contribution in [1.82, 2.24) is 24.7 Å². The fraction of sp³-hybridized carbons (Fsp3) is 0.414. The summed E-state index contributed by atoms with van der Waals surface area (Å²) in [6.45, 7) is 5.32. The van der Waals surface area contributed by atoms with Gasteiger partial charge in [-0.1, -0.05) is 17.5 Å². The molecule has 3 aromatic rings. The van der Waals surface area contributed by atoms with Crippen molar-refractivity contribution in [1.29, 1.82) is 0 Å². The molecule has 2 atom stereocenters. The molecule has 0 bridgehead atoms. The minimum absolute atomic E-state index is 0.0197. The van der Waals surface area contributed by atoms with Crippen molar-refractivity contribution in [2.45, 2.75) is 25.1 Å².